The zero-order chi connectivity index (χ0) is 13.0. The van der Waals surface area contributed by atoms with E-state index in [1.165, 1.54) is 17.0 Å². The normalized spacial score (nSPS) is 9.76. The van der Waals surface area contributed by atoms with Crippen molar-refractivity contribution >= 4 is 11.6 Å². The van der Waals surface area contributed by atoms with Gasteiger partial charge in [0.15, 0.2) is 0 Å². The summed E-state index contributed by atoms with van der Waals surface area (Å²) < 4.78 is 13.5. The molecule has 0 aromatic heterocycles. The average molecular weight is 234 g/mol. The van der Waals surface area contributed by atoms with E-state index in [0.29, 0.717) is 12.1 Å². The highest BCUT2D eigenvalue weighted by Crippen LogP contribution is 2.18. The predicted octanol–water partition coefficient (Wildman–Crippen LogP) is 1.81. The van der Waals surface area contributed by atoms with Crippen LogP contribution in [0.2, 0.25) is 0 Å². The minimum Gasteiger partial charge on any atom is -0.398 e. The van der Waals surface area contributed by atoms with Gasteiger partial charge in [0.2, 0.25) is 0 Å². The number of amides is 1. The number of rotatable bonds is 3. The van der Waals surface area contributed by atoms with E-state index < -0.39 is 5.82 Å². The fourth-order valence-electron chi connectivity index (χ4n) is 1.44. The van der Waals surface area contributed by atoms with Gasteiger partial charge in [-0.3, -0.25) is 4.79 Å². The summed E-state index contributed by atoms with van der Waals surface area (Å²) in [5, 5.41) is 0. The molecule has 0 saturated heterocycles. The molecular weight excluding hydrogens is 219 g/mol. The first-order valence-corrected chi connectivity index (χ1v) is 5.29. The van der Waals surface area contributed by atoms with Gasteiger partial charge in [-0.15, -0.1) is 6.42 Å². The molecule has 0 aliphatic heterocycles. The predicted molar refractivity (Wildman–Crippen MR) is 66.0 cm³/mol. The van der Waals surface area contributed by atoms with Crippen LogP contribution in [0.3, 0.4) is 0 Å². The lowest BCUT2D eigenvalue weighted by Crippen LogP contribution is -2.31. The Hall–Kier alpha value is -2.02. The van der Waals surface area contributed by atoms with Crippen molar-refractivity contribution in [1.82, 2.24) is 4.90 Å². The third-order valence-corrected chi connectivity index (χ3v) is 2.58. The quantitative estimate of drug-likeness (QED) is 0.640. The van der Waals surface area contributed by atoms with Crippen LogP contribution in [0.25, 0.3) is 0 Å². The summed E-state index contributed by atoms with van der Waals surface area (Å²) in [7, 11) is 0. The lowest BCUT2D eigenvalue weighted by atomic mass is 10.1. The first-order valence-electron chi connectivity index (χ1n) is 5.29. The van der Waals surface area contributed by atoms with Gasteiger partial charge in [0.25, 0.3) is 5.91 Å². The molecule has 1 aromatic carbocycles. The first-order chi connectivity index (χ1) is 8.01. The van der Waals surface area contributed by atoms with Crippen LogP contribution in [0.15, 0.2) is 12.1 Å². The van der Waals surface area contributed by atoms with Crippen molar-refractivity contribution < 1.29 is 9.18 Å². The van der Waals surface area contributed by atoms with Crippen molar-refractivity contribution in [2.24, 2.45) is 0 Å². The van der Waals surface area contributed by atoms with Crippen LogP contribution in [0.1, 0.15) is 22.8 Å². The molecule has 0 bridgehead atoms. The number of halogens is 1. The van der Waals surface area contributed by atoms with E-state index in [2.05, 4.69) is 5.92 Å². The highest BCUT2D eigenvalue weighted by atomic mass is 19.1. The van der Waals surface area contributed by atoms with Crippen LogP contribution in [0.4, 0.5) is 10.1 Å². The Morgan fingerprint density at radius 1 is 1.59 bits per heavy atom. The smallest absolute Gasteiger partial charge is 0.254 e. The second-order valence-electron chi connectivity index (χ2n) is 3.70. The molecule has 1 aromatic rings. The molecule has 90 valence electrons. The average Bonchev–Trinajstić information content (AvgIpc) is 2.31. The number of nitrogen functional groups attached to an aromatic ring is 1. The molecule has 0 atom stereocenters. The van der Waals surface area contributed by atoms with Crippen molar-refractivity contribution in [3.63, 3.8) is 0 Å². The number of hydrogen-bond acceptors (Lipinski definition) is 2. The Bertz CT molecular complexity index is 454. The molecule has 2 N–H and O–H groups in total. The Kier molecular flexibility index (Phi) is 4.11. The van der Waals surface area contributed by atoms with Crippen molar-refractivity contribution in [1.29, 1.82) is 0 Å². The molecule has 0 fully saturated rings. The van der Waals surface area contributed by atoms with Crippen molar-refractivity contribution in [2.75, 3.05) is 18.8 Å². The fraction of sp³-hybridized carbons (Fsp3) is 0.308. The molecule has 4 heteroatoms. The van der Waals surface area contributed by atoms with E-state index in [4.69, 9.17) is 12.2 Å². The highest BCUT2D eigenvalue weighted by Gasteiger charge is 2.15. The van der Waals surface area contributed by atoms with Gasteiger partial charge in [-0.1, -0.05) is 5.92 Å². The van der Waals surface area contributed by atoms with Gasteiger partial charge in [0, 0.05) is 23.4 Å². The van der Waals surface area contributed by atoms with Gasteiger partial charge in [-0.25, -0.2) is 4.39 Å². The monoisotopic (exact) mass is 234 g/mol. The standard InChI is InChI=1S/C13H15FN2O/c1-4-6-16(5-2)13(17)10-7-11(14)9(3)12(15)8-10/h1,7-8H,5-6,15H2,2-3H3. The van der Waals surface area contributed by atoms with E-state index in [9.17, 15) is 9.18 Å². The van der Waals surface area contributed by atoms with E-state index in [1.54, 1.807) is 6.92 Å². The lowest BCUT2D eigenvalue weighted by Gasteiger charge is -2.18. The Morgan fingerprint density at radius 3 is 2.71 bits per heavy atom. The number of hydrogen-bond donors (Lipinski definition) is 1. The van der Waals surface area contributed by atoms with Crippen molar-refractivity contribution in [3.05, 3.63) is 29.1 Å². The summed E-state index contributed by atoms with van der Waals surface area (Å²) in [6, 6.07) is 2.66. The highest BCUT2D eigenvalue weighted by molar-refractivity contribution is 5.95. The van der Waals surface area contributed by atoms with E-state index in [1.807, 2.05) is 6.92 Å². The number of carbonyl (C=O) groups is 1. The molecule has 0 aliphatic rings. The minimum absolute atomic E-state index is 0.199. The second kappa shape index (κ2) is 5.35. The maximum Gasteiger partial charge on any atom is 0.254 e. The molecule has 17 heavy (non-hydrogen) atoms. The Labute approximate surface area is 100 Å². The summed E-state index contributed by atoms with van der Waals surface area (Å²) >= 11 is 0. The first kappa shape index (κ1) is 13.0. The van der Waals surface area contributed by atoms with Crippen LogP contribution >= 0.6 is 0 Å². The minimum atomic E-state index is -0.481. The van der Waals surface area contributed by atoms with Gasteiger partial charge in [-0.05, 0) is 26.0 Å². The molecule has 1 amide bonds. The summed E-state index contributed by atoms with van der Waals surface area (Å²) in [6.45, 7) is 4.05. The number of benzene rings is 1. The fourth-order valence-corrected chi connectivity index (χ4v) is 1.44. The molecule has 3 nitrogen and oxygen atoms in total. The van der Waals surface area contributed by atoms with E-state index in [-0.39, 0.29) is 23.7 Å². The second-order valence-corrected chi connectivity index (χ2v) is 3.70. The van der Waals surface area contributed by atoms with Gasteiger partial charge in [-0.2, -0.15) is 0 Å². The Morgan fingerprint density at radius 2 is 2.24 bits per heavy atom. The maximum absolute atomic E-state index is 13.5. The zero-order valence-corrected chi connectivity index (χ0v) is 9.96. The molecule has 0 aliphatic carbocycles. The van der Waals surface area contributed by atoms with Crippen molar-refractivity contribution in [3.8, 4) is 12.3 Å². The van der Waals surface area contributed by atoms with Gasteiger partial charge in [0.1, 0.15) is 5.82 Å². The maximum atomic E-state index is 13.5. The molecular formula is C13H15FN2O. The van der Waals surface area contributed by atoms with Crippen LogP contribution in [0.5, 0.6) is 0 Å². The number of carbonyl (C=O) groups excluding carboxylic acids is 1. The van der Waals surface area contributed by atoms with Crippen molar-refractivity contribution in [2.45, 2.75) is 13.8 Å². The molecule has 0 spiro atoms. The molecule has 0 saturated carbocycles. The van der Waals surface area contributed by atoms with Crippen LogP contribution in [-0.4, -0.2) is 23.9 Å². The Balaban J connectivity index is 3.09. The number of nitrogens with zero attached hydrogens (tertiary/aromatic N) is 1. The van der Waals surface area contributed by atoms with Gasteiger partial charge >= 0.3 is 0 Å². The third kappa shape index (κ3) is 2.76. The molecule has 0 unspecified atom stereocenters. The number of terminal acetylenes is 1. The van der Waals surface area contributed by atoms with Crippen LogP contribution in [-0.2, 0) is 0 Å². The summed E-state index contributed by atoms with van der Waals surface area (Å²) in [5.74, 6) is 1.60. The summed E-state index contributed by atoms with van der Waals surface area (Å²) in [5.41, 5.74) is 6.47. The van der Waals surface area contributed by atoms with Gasteiger partial charge in [0.05, 0.1) is 6.54 Å². The zero-order valence-electron chi connectivity index (χ0n) is 9.96. The SMILES string of the molecule is C#CCN(CC)C(=O)c1cc(N)c(C)c(F)c1. The largest absolute Gasteiger partial charge is 0.398 e. The molecule has 0 radical (unpaired) electrons. The lowest BCUT2D eigenvalue weighted by molar-refractivity contribution is 0.0784. The van der Waals surface area contributed by atoms with Crippen LogP contribution in [0, 0.1) is 25.1 Å². The van der Waals surface area contributed by atoms with E-state index >= 15 is 0 Å². The third-order valence-electron chi connectivity index (χ3n) is 2.58. The summed E-state index contributed by atoms with van der Waals surface area (Å²) in [6.07, 6.45) is 5.16. The van der Waals surface area contributed by atoms with Crippen LogP contribution < -0.4 is 5.73 Å². The van der Waals surface area contributed by atoms with E-state index in [0.717, 1.165) is 0 Å². The molecule has 0 heterocycles. The number of anilines is 1. The molecule has 1 rings (SSSR count). The summed E-state index contributed by atoms with van der Waals surface area (Å²) in [4.78, 5) is 13.4. The van der Waals surface area contributed by atoms with Gasteiger partial charge < -0.3 is 10.6 Å². The topological polar surface area (TPSA) is 46.3 Å². The number of nitrogens with two attached hydrogens (primary N) is 1.